The van der Waals surface area contributed by atoms with Gasteiger partial charge in [0, 0.05) is 13.1 Å². The molecule has 1 rings (SSSR count). The van der Waals surface area contributed by atoms with Crippen LogP contribution in [0, 0.1) is 17.2 Å². The Hall–Kier alpha value is -1.08. The van der Waals surface area contributed by atoms with Gasteiger partial charge in [0.25, 0.3) is 0 Å². The van der Waals surface area contributed by atoms with E-state index < -0.39 is 0 Å². The highest BCUT2D eigenvalue weighted by atomic mass is 16.5. The largest absolute Gasteiger partial charge is 0.469 e. The van der Waals surface area contributed by atoms with Crippen molar-refractivity contribution in [2.24, 2.45) is 5.92 Å². The minimum Gasteiger partial charge on any atom is -0.469 e. The second kappa shape index (κ2) is 4.24. The molecule has 0 bridgehead atoms. The van der Waals surface area contributed by atoms with Gasteiger partial charge in [0.05, 0.1) is 25.1 Å². The molecule has 0 radical (unpaired) electrons. The Morgan fingerprint density at radius 2 is 2.46 bits per heavy atom. The van der Waals surface area contributed by atoms with Crippen LogP contribution in [0.3, 0.4) is 0 Å². The molecule has 1 fully saturated rings. The lowest BCUT2D eigenvalue weighted by Gasteiger charge is -2.17. The van der Waals surface area contributed by atoms with Gasteiger partial charge in [-0.2, -0.15) is 5.26 Å². The lowest BCUT2D eigenvalue weighted by molar-refractivity contribution is -0.144. The summed E-state index contributed by atoms with van der Waals surface area (Å²) >= 11 is 0. The minimum atomic E-state index is -0.160. The number of carbonyl (C=O) groups is 1. The van der Waals surface area contributed by atoms with Crippen LogP contribution in [-0.2, 0) is 9.53 Å². The van der Waals surface area contributed by atoms with Crippen molar-refractivity contribution in [3.63, 3.8) is 0 Å². The minimum absolute atomic E-state index is 0.0409. The lowest BCUT2D eigenvalue weighted by atomic mass is 10.1. The van der Waals surface area contributed by atoms with Crippen LogP contribution in [0.25, 0.3) is 0 Å². The number of hydrogen-bond acceptors (Lipinski definition) is 4. The van der Waals surface area contributed by atoms with Crippen LogP contribution in [0.4, 0.5) is 0 Å². The molecule has 1 saturated heterocycles. The van der Waals surface area contributed by atoms with E-state index in [1.807, 2.05) is 11.8 Å². The molecule has 0 aromatic rings. The van der Waals surface area contributed by atoms with Crippen LogP contribution >= 0.6 is 0 Å². The van der Waals surface area contributed by atoms with Crippen LogP contribution in [0.15, 0.2) is 0 Å². The summed E-state index contributed by atoms with van der Waals surface area (Å²) in [7, 11) is 1.40. The van der Waals surface area contributed by atoms with E-state index in [1.165, 1.54) is 7.11 Å². The summed E-state index contributed by atoms with van der Waals surface area (Å²) in [6.07, 6.45) is 0.804. The molecule has 0 spiro atoms. The van der Waals surface area contributed by atoms with Gasteiger partial charge in [0.2, 0.25) is 0 Å². The molecule has 4 heteroatoms. The van der Waals surface area contributed by atoms with Crippen molar-refractivity contribution in [2.75, 3.05) is 20.2 Å². The first-order valence-electron chi connectivity index (χ1n) is 4.40. The summed E-state index contributed by atoms with van der Waals surface area (Å²) in [6.45, 7) is 3.32. The van der Waals surface area contributed by atoms with Crippen molar-refractivity contribution in [3.8, 4) is 6.07 Å². The van der Waals surface area contributed by atoms with Crippen LogP contribution in [0.5, 0.6) is 0 Å². The average Bonchev–Trinajstić information content (AvgIpc) is 2.64. The van der Waals surface area contributed by atoms with Crippen molar-refractivity contribution < 1.29 is 9.53 Å². The molecule has 1 aliphatic heterocycles. The number of methoxy groups -OCH3 is 1. The Bertz CT molecular complexity index is 234. The van der Waals surface area contributed by atoms with Crippen molar-refractivity contribution in [3.05, 3.63) is 0 Å². The monoisotopic (exact) mass is 182 g/mol. The van der Waals surface area contributed by atoms with Crippen LogP contribution < -0.4 is 0 Å². The number of hydrogen-bond donors (Lipinski definition) is 0. The molecule has 1 aliphatic rings. The number of carbonyl (C=O) groups excluding carboxylic acids is 1. The van der Waals surface area contributed by atoms with Crippen molar-refractivity contribution in [1.82, 2.24) is 4.90 Å². The fourth-order valence-electron chi connectivity index (χ4n) is 1.58. The number of rotatable bonds is 2. The van der Waals surface area contributed by atoms with Gasteiger partial charge in [-0.1, -0.05) is 0 Å². The van der Waals surface area contributed by atoms with E-state index in [1.54, 1.807) is 0 Å². The van der Waals surface area contributed by atoms with E-state index in [9.17, 15) is 4.79 Å². The fourth-order valence-corrected chi connectivity index (χ4v) is 1.58. The van der Waals surface area contributed by atoms with Gasteiger partial charge in [-0.15, -0.1) is 0 Å². The number of ether oxygens (including phenoxy) is 1. The average molecular weight is 182 g/mol. The van der Waals surface area contributed by atoms with Crippen molar-refractivity contribution in [2.45, 2.75) is 19.4 Å². The third-order valence-corrected chi connectivity index (χ3v) is 2.49. The lowest BCUT2D eigenvalue weighted by Crippen LogP contribution is -2.30. The smallest absolute Gasteiger partial charge is 0.310 e. The normalized spacial score (nSPS) is 25.2. The number of nitrogens with zero attached hydrogens (tertiary/aromatic N) is 2. The van der Waals surface area contributed by atoms with Gasteiger partial charge in [0.15, 0.2) is 0 Å². The van der Waals surface area contributed by atoms with E-state index in [0.717, 1.165) is 13.0 Å². The molecule has 0 saturated carbocycles. The quantitative estimate of drug-likeness (QED) is 0.580. The topological polar surface area (TPSA) is 53.3 Å². The predicted octanol–water partition coefficient (Wildman–Crippen LogP) is 0.393. The molecule has 0 aromatic heterocycles. The van der Waals surface area contributed by atoms with E-state index in [-0.39, 0.29) is 17.9 Å². The summed E-state index contributed by atoms with van der Waals surface area (Å²) in [5.74, 6) is -0.201. The number of likely N-dealkylation sites (tertiary alicyclic amines) is 1. The number of nitriles is 1. The standard InChI is InChI=1S/C9H14N2O2/c1-7(5-10)11-4-3-8(6-11)9(12)13-2/h7-8H,3-4,6H2,1-2H3. The van der Waals surface area contributed by atoms with E-state index in [0.29, 0.717) is 6.54 Å². The molecule has 0 amide bonds. The zero-order chi connectivity index (χ0) is 9.84. The Balaban J connectivity index is 2.46. The van der Waals surface area contributed by atoms with Crippen molar-refractivity contribution in [1.29, 1.82) is 5.26 Å². The second-order valence-corrected chi connectivity index (χ2v) is 3.31. The summed E-state index contributed by atoms with van der Waals surface area (Å²) in [4.78, 5) is 13.1. The first-order valence-corrected chi connectivity index (χ1v) is 4.40. The molecule has 0 aromatic carbocycles. The number of esters is 1. The molecule has 13 heavy (non-hydrogen) atoms. The second-order valence-electron chi connectivity index (χ2n) is 3.31. The molecular weight excluding hydrogens is 168 g/mol. The molecule has 0 N–H and O–H groups in total. The maximum absolute atomic E-state index is 11.1. The molecular formula is C9H14N2O2. The Kier molecular flexibility index (Phi) is 3.26. The summed E-state index contributed by atoms with van der Waals surface area (Å²) in [5.41, 5.74) is 0. The zero-order valence-electron chi connectivity index (χ0n) is 7.99. The van der Waals surface area contributed by atoms with E-state index >= 15 is 0 Å². The highest BCUT2D eigenvalue weighted by Gasteiger charge is 2.31. The molecule has 1 heterocycles. The molecule has 4 nitrogen and oxygen atoms in total. The SMILES string of the molecule is COC(=O)C1CCN(C(C)C#N)C1. The van der Waals surface area contributed by atoms with Crippen LogP contribution in [0.2, 0.25) is 0 Å². The first kappa shape index (κ1) is 10.0. The van der Waals surface area contributed by atoms with Gasteiger partial charge in [-0.05, 0) is 13.3 Å². The van der Waals surface area contributed by atoms with E-state index in [2.05, 4.69) is 10.8 Å². The third-order valence-electron chi connectivity index (χ3n) is 2.49. The van der Waals surface area contributed by atoms with Crippen molar-refractivity contribution >= 4 is 5.97 Å². The van der Waals surface area contributed by atoms with Gasteiger partial charge >= 0.3 is 5.97 Å². The molecule has 0 aliphatic carbocycles. The van der Waals surface area contributed by atoms with Gasteiger partial charge in [-0.3, -0.25) is 9.69 Å². The predicted molar refractivity (Wildman–Crippen MR) is 46.8 cm³/mol. The molecule has 2 unspecified atom stereocenters. The van der Waals surface area contributed by atoms with E-state index in [4.69, 9.17) is 5.26 Å². The van der Waals surface area contributed by atoms with Gasteiger partial charge in [-0.25, -0.2) is 0 Å². The first-order chi connectivity index (χ1) is 6.19. The Labute approximate surface area is 78.1 Å². The van der Waals surface area contributed by atoms with Gasteiger partial charge < -0.3 is 4.74 Å². The maximum Gasteiger partial charge on any atom is 0.310 e. The van der Waals surface area contributed by atoms with Gasteiger partial charge in [0.1, 0.15) is 0 Å². The van der Waals surface area contributed by atoms with Crippen LogP contribution in [-0.4, -0.2) is 37.1 Å². The molecule has 72 valence electrons. The summed E-state index contributed by atoms with van der Waals surface area (Å²) in [6, 6.07) is 2.06. The molecule has 2 atom stereocenters. The highest BCUT2D eigenvalue weighted by Crippen LogP contribution is 2.19. The fraction of sp³-hybridized carbons (Fsp3) is 0.778. The zero-order valence-corrected chi connectivity index (χ0v) is 7.99. The Morgan fingerprint density at radius 3 is 3.00 bits per heavy atom. The highest BCUT2D eigenvalue weighted by molar-refractivity contribution is 5.72. The van der Waals surface area contributed by atoms with Crippen LogP contribution in [0.1, 0.15) is 13.3 Å². The third kappa shape index (κ3) is 2.19. The summed E-state index contributed by atoms with van der Waals surface area (Å²) < 4.78 is 4.65. The Morgan fingerprint density at radius 1 is 1.77 bits per heavy atom. The summed E-state index contributed by atoms with van der Waals surface area (Å²) in [5, 5.41) is 8.67. The maximum atomic E-state index is 11.1.